The lowest BCUT2D eigenvalue weighted by Gasteiger charge is -2.27. The Morgan fingerprint density at radius 3 is 2.18 bits per heavy atom. The SMILES string of the molecule is CC(C)(C)c1ccc(N2C(=O)N(Cc3ccnc(Nc4ccc(CN5CCCC5)cc4)c3)C(C)(C)C2=O)cc1. The number of pyridine rings is 1. The summed E-state index contributed by atoms with van der Waals surface area (Å²) < 4.78 is 0. The summed E-state index contributed by atoms with van der Waals surface area (Å²) in [5, 5.41) is 3.38. The Hall–Kier alpha value is -3.71. The van der Waals surface area contributed by atoms with Crippen molar-refractivity contribution >= 4 is 29.1 Å². The molecule has 2 saturated heterocycles. The van der Waals surface area contributed by atoms with Crippen molar-refractivity contribution in [1.82, 2.24) is 14.8 Å². The topological polar surface area (TPSA) is 68.8 Å². The largest absolute Gasteiger partial charge is 0.340 e. The van der Waals surface area contributed by atoms with Crippen molar-refractivity contribution in [3.05, 3.63) is 83.6 Å². The minimum absolute atomic E-state index is 0.00834. The summed E-state index contributed by atoms with van der Waals surface area (Å²) in [6.45, 7) is 13.7. The maximum Gasteiger partial charge on any atom is 0.332 e. The van der Waals surface area contributed by atoms with Gasteiger partial charge in [0, 0.05) is 25.0 Å². The Kier molecular flexibility index (Phi) is 7.21. The number of carbonyl (C=O) groups is 2. The van der Waals surface area contributed by atoms with Gasteiger partial charge in [-0.25, -0.2) is 14.7 Å². The van der Waals surface area contributed by atoms with Gasteiger partial charge in [-0.15, -0.1) is 0 Å². The van der Waals surface area contributed by atoms with E-state index in [-0.39, 0.29) is 17.4 Å². The van der Waals surface area contributed by atoms with Gasteiger partial charge in [0.25, 0.3) is 5.91 Å². The molecule has 0 bridgehead atoms. The van der Waals surface area contributed by atoms with E-state index in [9.17, 15) is 9.59 Å². The summed E-state index contributed by atoms with van der Waals surface area (Å²) in [4.78, 5) is 36.8. The number of rotatable bonds is 7. The molecule has 3 heterocycles. The highest BCUT2D eigenvalue weighted by Crippen LogP contribution is 2.34. The molecular formula is C32H39N5O2. The van der Waals surface area contributed by atoms with Crippen molar-refractivity contribution in [3.63, 3.8) is 0 Å². The van der Waals surface area contributed by atoms with Gasteiger partial charge in [-0.05, 0) is 98.3 Å². The normalized spacial score (nSPS) is 17.8. The summed E-state index contributed by atoms with van der Waals surface area (Å²) >= 11 is 0. The molecule has 7 heteroatoms. The third-order valence-electron chi connectivity index (χ3n) is 7.81. The van der Waals surface area contributed by atoms with Crippen molar-refractivity contribution in [2.45, 2.75) is 71.5 Å². The van der Waals surface area contributed by atoms with Crippen LogP contribution in [-0.2, 0) is 23.3 Å². The molecule has 5 rings (SSSR count). The average molecular weight is 526 g/mol. The first kappa shape index (κ1) is 26.9. The number of imide groups is 1. The zero-order valence-corrected chi connectivity index (χ0v) is 23.7. The Morgan fingerprint density at radius 1 is 0.872 bits per heavy atom. The number of benzene rings is 2. The summed E-state index contributed by atoms with van der Waals surface area (Å²) in [6.07, 6.45) is 4.31. The number of hydrogen-bond acceptors (Lipinski definition) is 5. The van der Waals surface area contributed by atoms with Gasteiger partial charge in [-0.3, -0.25) is 9.69 Å². The van der Waals surface area contributed by atoms with Crippen LogP contribution in [0.2, 0.25) is 0 Å². The number of amides is 3. The Morgan fingerprint density at radius 2 is 1.54 bits per heavy atom. The molecule has 0 spiro atoms. The van der Waals surface area contributed by atoms with Gasteiger partial charge >= 0.3 is 6.03 Å². The highest BCUT2D eigenvalue weighted by Gasteiger charge is 2.51. The second-order valence-electron chi connectivity index (χ2n) is 12.2. The van der Waals surface area contributed by atoms with E-state index in [4.69, 9.17) is 0 Å². The van der Waals surface area contributed by atoms with E-state index >= 15 is 0 Å². The zero-order valence-electron chi connectivity index (χ0n) is 23.7. The van der Waals surface area contributed by atoms with Crippen LogP contribution in [0.25, 0.3) is 0 Å². The van der Waals surface area contributed by atoms with Crippen LogP contribution in [0, 0.1) is 0 Å². The van der Waals surface area contributed by atoms with E-state index in [1.54, 1.807) is 24.9 Å². The summed E-state index contributed by atoms with van der Waals surface area (Å²) in [5.41, 5.74) is 3.94. The lowest BCUT2D eigenvalue weighted by Crippen LogP contribution is -2.43. The number of aromatic nitrogens is 1. The third-order valence-corrected chi connectivity index (χ3v) is 7.81. The smallest absolute Gasteiger partial charge is 0.332 e. The first-order valence-electron chi connectivity index (χ1n) is 13.8. The molecular weight excluding hydrogens is 486 g/mol. The highest BCUT2D eigenvalue weighted by atomic mass is 16.2. The van der Waals surface area contributed by atoms with Crippen molar-refractivity contribution in [1.29, 1.82) is 0 Å². The molecule has 0 aliphatic carbocycles. The van der Waals surface area contributed by atoms with Gasteiger partial charge in [0.15, 0.2) is 0 Å². The van der Waals surface area contributed by atoms with Crippen molar-refractivity contribution in [3.8, 4) is 0 Å². The fraction of sp³-hybridized carbons (Fsp3) is 0.406. The van der Waals surface area contributed by atoms with Crippen LogP contribution < -0.4 is 10.2 Å². The lowest BCUT2D eigenvalue weighted by molar-refractivity contribution is -0.123. The third kappa shape index (κ3) is 5.69. The minimum atomic E-state index is -0.970. The Balaban J connectivity index is 1.28. The number of nitrogens with zero attached hydrogens (tertiary/aromatic N) is 4. The molecule has 0 unspecified atom stereocenters. The van der Waals surface area contributed by atoms with E-state index in [0.717, 1.165) is 23.4 Å². The van der Waals surface area contributed by atoms with Gasteiger partial charge < -0.3 is 10.2 Å². The van der Waals surface area contributed by atoms with E-state index in [1.165, 1.54) is 36.4 Å². The van der Waals surface area contributed by atoms with Gasteiger partial charge in [-0.1, -0.05) is 45.0 Å². The van der Waals surface area contributed by atoms with Crippen LogP contribution in [0.3, 0.4) is 0 Å². The molecule has 2 aliphatic heterocycles. The van der Waals surface area contributed by atoms with Crippen LogP contribution in [0.15, 0.2) is 66.9 Å². The molecule has 0 saturated carbocycles. The molecule has 39 heavy (non-hydrogen) atoms. The molecule has 2 fully saturated rings. The quantitative estimate of drug-likeness (QED) is 0.358. The van der Waals surface area contributed by atoms with Crippen LogP contribution in [0.4, 0.5) is 22.0 Å². The fourth-order valence-corrected chi connectivity index (χ4v) is 5.30. The maximum absolute atomic E-state index is 13.5. The van der Waals surface area contributed by atoms with E-state index < -0.39 is 5.54 Å². The van der Waals surface area contributed by atoms with Crippen molar-refractivity contribution in [2.24, 2.45) is 0 Å². The Labute approximate surface area is 231 Å². The maximum atomic E-state index is 13.5. The molecule has 2 aromatic carbocycles. The van der Waals surface area contributed by atoms with Gasteiger partial charge in [0.1, 0.15) is 11.4 Å². The zero-order chi connectivity index (χ0) is 27.8. The number of anilines is 3. The fourth-order valence-electron chi connectivity index (χ4n) is 5.30. The number of carbonyl (C=O) groups excluding carboxylic acids is 2. The van der Waals surface area contributed by atoms with Crippen LogP contribution in [0.1, 0.15) is 64.2 Å². The monoisotopic (exact) mass is 525 g/mol. The predicted octanol–water partition coefficient (Wildman–Crippen LogP) is 6.47. The second kappa shape index (κ2) is 10.5. The summed E-state index contributed by atoms with van der Waals surface area (Å²) in [7, 11) is 0. The molecule has 204 valence electrons. The standard InChI is InChI=1S/C32H39N5O2/c1-31(2,3)25-10-14-27(15-11-25)37-29(38)32(4,5)36(30(37)39)22-24-16-17-33-28(20-24)34-26-12-8-23(9-13-26)21-35-18-6-7-19-35/h8-17,20H,6-7,18-19,21-22H2,1-5H3,(H,33,34). The van der Waals surface area contributed by atoms with Crippen LogP contribution in [0.5, 0.6) is 0 Å². The molecule has 1 aromatic heterocycles. The van der Waals surface area contributed by atoms with E-state index in [1.807, 2.05) is 36.4 Å². The summed E-state index contributed by atoms with van der Waals surface area (Å²) in [5.74, 6) is 0.475. The number of nitrogens with one attached hydrogen (secondary N) is 1. The minimum Gasteiger partial charge on any atom is -0.340 e. The first-order chi connectivity index (χ1) is 18.5. The number of urea groups is 1. The van der Waals surface area contributed by atoms with E-state index in [0.29, 0.717) is 18.1 Å². The summed E-state index contributed by atoms with van der Waals surface area (Å²) in [6, 6.07) is 19.7. The Bertz CT molecular complexity index is 1340. The first-order valence-corrected chi connectivity index (χ1v) is 13.8. The molecule has 3 aromatic rings. The average Bonchev–Trinajstić information content (AvgIpc) is 3.46. The van der Waals surface area contributed by atoms with Gasteiger partial charge in [0.2, 0.25) is 0 Å². The molecule has 1 N–H and O–H groups in total. The second-order valence-corrected chi connectivity index (χ2v) is 12.2. The van der Waals surface area contributed by atoms with Crippen LogP contribution >= 0.6 is 0 Å². The van der Waals surface area contributed by atoms with Gasteiger partial charge in [-0.2, -0.15) is 0 Å². The number of likely N-dealkylation sites (tertiary alicyclic amines) is 1. The highest BCUT2D eigenvalue weighted by molar-refractivity contribution is 6.22. The van der Waals surface area contributed by atoms with Crippen molar-refractivity contribution < 1.29 is 9.59 Å². The predicted molar refractivity (Wildman–Crippen MR) is 156 cm³/mol. The molecule has 2 aliphatic rings. The number of hydrogen-bond donors (Lipinski definition) is 1. The molecule has 7 nitrogen and oxygen atoms in total. The lowest BCUT2D eigenvalue weighted by atomic mass is 9.87. The molecule has 0 radical (unpaired) electrons. The molecule has 3 amide bonds. The van der Waals surface area contributed by atoms with Crippen molar-refractivity contribution in [2.75, 3.05) is 23.3 Å². The van der Waals surface area contributed by atoms with Gasteiger partial charge in [0.05, 0.1) is 5.69 Å². The van der Waals surface area contributed by atoms with Crippen LogP contribution in [-0.4, -0.2) is 45.4 Å². The molecule has 0 atom stereocenters. The van der Waals surface area contributed by atoms with E-state index in [2.05, 4.69) is 60.2 Å².